The van der Waals surface area contributed by atoms with Gasteiger partial charge in [0.05, 0.1) is 16.1 Å². The van der Waals surface area contributed by atoms with Gasteiger partial charge in [0.2, 0.25) is 10.0 Å². The highest BCUT2D eigenvalue weighted by Crippen LogP contribution is 2.31. The lowest BCUT2D eigenvalue weighted by Crippen LogP contribution is -2.48. The molecule has 6 nitrogen and oxygen atoms in total. The Hall–Kier alpha value is -0.790. The van der Waals surface area contributed by atoms with Crippen LogP contribution in [0.15, 0.2) is 18.2 Å². The molecule has 2 N–H and O–H groups in total. The molecule has 0 saturated carbocycles. The Bertz CT molecular complexity index is 607. The van der Waals surface area contributed by atoms with Gasteiger partial charge in [0.1, 0.15) is 0 Å². The van der Waals surface area contributed by atoms with Gasteiger partial charge in [-0.2, -0.15) is 0 Å². The number of hydrogen-bond acceptors (Lipinski definition) is 4. The van der Waals surface area contributed by atoms with E-state index in [1.165, 1.54) is 18.2 Å². The molecule has 0 fully saturated rings. The van der Waals surface area contributed by atoms with E-state index in [0.29, 0.717) is 10.7 Å². The predicted molar refractivity (Wildman–Crippen MR) is 95.4 cm³/mol. The van der Waals surface area contributed by atoms with Gasteiger partial charge in [0, 0.05) is 5.69 Å². The average Bonchev–Trinajstić information content (AvgIpc) is 2.40. The Morgan fingerprint density at radius 3 is 2.17 bits per heavy atom. The fourth-order valence-corrected chi connectivity index (χ4v) is 1.96. The molecule has 0 spiro atoms. The van der Waals surface area contributed by atoms with Crippen molar-refractivity contribution in [3.05, 3.63) is 28.2 Å². The minimum atomic E-state index is -2.12. The monoisotopic (exact) mass is 436 g/mol. The van der Waals surface area contributed by atoms with Gasteiger partial charge < -0.3 is 9.47 Å². The standard InChI is InChI=1S/C13H13Cl5N2O4/c1-6(2)23-12(22)20-10(13(16,17)18)24-11(21)19-7-3-4-8(14)9(15)5-7/h3-6,10H,1-2H3,(H,19,21)(H,20,22)/t10-/m1/s1. The summed E-state index contributed by atoms with van der Waals surface area (Å²) in [6.07, 6.45) is -3.90. The number of halogens is 5. The maximum Gasteiger partial charge on any atom is 0.413 e. The summed E-state index contributed by atoms with van der Waals surface area (Å²) in [6, 6.07) is 4.36. The summed E-state index contributed by atoms with van der Waals surface area (Å²) in [5, 5.41) is 5.03. The van der Waals surface area contributed by atoms with Gasteiger partial charge in [-0.3, -0.25) is 10.6 Å². The summed E-state index contributed by atoms with van der Waals surface area (Å²) in [5.41, 5.74) is 0.294. The van der Waals surface area contributed by atoms with E-state index in [1.54, 1.807) is 13.8 Å². The number of anilines is 1. The summed E-state index contributed by atoms with van der Waals surface area (Å²) in [4.78, 5) is 23.5. The Labute approximate surface area is 163 Å². The van der Waals surface area contributed by atoms with Crippen LogP contribution >= 0.6 is 58.0 Å². The molecule has 0 unspecified atom stereocenters. The smallest absolute Gasteiger partial charge is 0.413 e. The summed E-state index contributed by atoms with van der Waals surface area (Å²) in [6.45, 7) is 3.25. The van der Waals surface area contributed by atoms with Crippen molar-refractivity contribution >= 4 is 75.9 Å². The second-order valence-corrected chi connectivity index (χ2v) is 7.86. The molecular formula is C13H13Cl5N2O4. The van der Waals surface area contributed by atoms with Crippen LogP contribution in [0.1, 0.15) is 13.8 Å². The van der Waals surface area contributed by atoms with Crippen molar-refractivity contribution in [3.63, 3.8) is 0 Å². The Balaban J connectivity index is 2.73. The van der Waals surface area contributed by atoms with Crippen molar-refractivity contribution in [2.75, 3.05) is 5.32 Å². The summed E-state index contributed by atoms with van der Waals surface area (Å²) < 4.78 is 7.62. The first-order valence-electron chi connectivity index (χ1n) is 6.45. The highest BCUT2D eigenvalue weighted by atomic mass is 35.6. The highest BCUT2D eigenvalue weighted by molar-refractivity contribution is 6.68. The van der Waals surface area contributed by atoms with Crippen molar-refractivity contribution in [2.24, 2.45) is 0 Å². The summed E-state index contributed by atoms with van der Waals surface area (Å²) in [7, 11) is 0. The predicted octanol–water partition coefficient (Wildman–Crippen LogP) is 5.37. The first-order valence-corrected chi connectivity index (χ1v) is 8.34. The van der Waals surface area contributed by atoms with E-state index in [4.69, 9.17) is 67.5 Å². The van der Waals surface area contributed by atoms with Gasteiger partial charge >= 0.3 is 12.2 Å². The van der Waals surface area contributed by atoms with Crippen LogP contribution in [-0.4, -0.2) is 28.3 Å². The number of ether oxygens (including phenoxy) is 2. The number of alkyl halides is 3. The summed E-state index contributed by atoms with van der Waals surface area (Å²) >= 11 is 28.7. The molecule has 1 rings (SSSR count). The number of carbonyl (C=O) groups excluding carboxylic acids is 2. The van der Waals surface area contributed by atoms with Crippen LogP contribution in [0.2, 0.25) is 10.0 Å². The molecule has 2 amide bonds. The largest absolute Gasteiger partial charge is 0.447 e. The zero-order chi connectivity index (χ0) is 18.5. The van der Waals surface area contributed by atoms with Crippen LogP contribution in [0, 0.1) is 0 Å². The molecule has 134 valence electrons. The molecule has 0 saturated heterocycles. The Kier molecular flexibility index (Phi) is 8.02. The summed E-state index contributed by atoms with van der Waals surface area (Å²) in [5.74, 6) is 0. The van der Waals surface area contributed by atoms with Gasteiger partial charge in [-0.15, -0.1) is 0 Å². The lowest BCUT2D eigenvalue weighted by Gasteiger charge is -2.25. The van der Waals surface area contributed by atoms with Crippen molar-refractivity contribution in [3.8, 4) is 0 Å². The number of nitrogens with one attached hydrogen (secondary N) is 2. The van der Waals surface area contributed by atoms with Gasteiger partial charge in [-0.25, -0.2) is 9.59 Å². The van der Waals surface area contributed by atoms with E-state index in [9.17, 15) is 9.59 Å². The molecule has 0 aliphatic carbocycles. The zero-order valence-corrected chi connectivity index (χ0v) is 16.2. The molecule has 24 heavy (non-hydrogen) atoms. The second kappa shape index (κ2) is 9.06. The minimum Gasteiger partial charge on any atom is -0.447 e. The van der Waals surface area contributed by atoms with E-state index in [1.807, 2.05) is 0 Å². The molecule has 1 aromatic carbocycles. The fraction of sp³-hybridized carbons (Fsp3) is 0.385. The molecule has 0 radical (unpaired) electrons. The van der Waals surface area contributed by atoms with Gasteiger partial charge in [-0.1, -0.05) is 58.0 Å². The SMILES string of the molecule is CC(C)OC(=O)N[C@H](OC(=O)Nc1ccc(Cl)c(Cl)c1)C(Cl)(Cl)Cl. The van der Waals surface area contributed by atoms with Gasteiger partial charge in [0.25, 0.3) is 0 Å². The number of hydrogen-bond donors (Lipinski definition) is 2. The number of benzene rings is 1. The van der Waals surface area contributed by atoms with E-state index >= 15 is 0 Å². The average molecular weight is 439 g/mol. The first kappa shape index (κ1) is 21.3. The van der Waals surface area contributed by atoms with Crippen molar-refractivity contribution in [2.45, 2.75) is 30.0 Å². The molecule has 1 aromatic rings. The number of alkyl carbamates (subject to hydrolysis) is 1. The second-order valence-electron chi connectivity index (χ2n) is 4.68. The molecule has 0 aliphatic rings. The van der Waals surface area contributed by atoms with Crippen LogP contribution in [0.5, 0.6) is 0 Å². The number of carbonyl (C=O) groups is 2. The molecule has 1 atom stereocenters. The van der Waals surface area contributed by atoms with Crippen LogP contribution in [-0.2, 0) is 9.47 Å². The lowest BCUT2D eigenvalue weighted by molar-refractivity contribution is 0.0677. The topological polar surface area (TPSA) is 76.7 Å². The quantitative estimate of drug-likeness (QED) is 0.489. The van der Waals surface area contributed by atoms with Crippen molar-refractivity contribution in [1.29, 1.82) is 0 Å². The maximum absolute atomic E-state index is 11.9. The maximum atomic E-state index is 11.9. The van der Waals surface area contributed by atoms with E-state index in [0.717, 1.165) is 0 Å². The Morgan fingerprint density at radius 2 is 1.67 bits per heavy atom. The normalized spacial score (nSPS) is 12.5. The number of rotatable bonds is 4. The van der Waals surface area contributed by atoms with Crippen LogP contribution in [0.3, 0.4) is 0 Å². The molecule has 0 heterocycles. The van der Waals surface area contributed by atoms with Crippen molar-refractivity contribution < 1.29 is 19.1 Å². The zero-order valence-electron chi connectivity index (χ0n) is 12.4. The van der Waals surface area contributed by atoms with Crippen molar-refractivity contribution in [1.82, 2.24) is 5.32 Å². The number of amides is 2. The van der Waals surface area contributed by atoms with Crippen LogP contribution in [0.25, 0.3) is 0 Å². The van der Waals surface area contributed by atoms with Gasteiger partial charge in [-0.05, 0) is 32.0 Å². The molecular weight excluding hydrogens is 425 g/mol. The van der Waals surface area contributed by atoms with E-state index in [2.05, 4.69) is 10.6 Å². The molecule has 0 aromatic heterocycles. The third-order valence-electron chi connectivity index (χ3n) is 2.28. The third kappa shape index (κ3) is 7.40. The third-order valence-corrected chi connectivity index (χ3v) is 3.61. The van der Waals surface area contributed by atoms with Crippen LogP contribution < -0.4 is 10.6 Å². The van der Waals surface area contributed by atoms with E-state index < -0.39 is 28.3 Å². The molecule has 0 aliphatic heterocycles. The van der Waals surface area contributed by atoms with E-state index in [-0.39, 0.29) is 5.02 Å². The molecule has 0 bridgehead atoms. The van der Waals surface area contributed by atoms with Crippen LogP contribution in [0.4, 0.5) is 15.3 Å². The Morgan fingerprint density at radius 1 is 1.04 bits per heavy atom. The van der Waals surface area contributed by atoms with Gasteiger partial charge in [0.15, 0.2) is 0 Å². The minimum absolute atomic E-state index is 0.228. The highest BCUT2D eigenvalue weighted by Gasteiger charge is 2.38. The first-order chi connectivity index (χ1) is 11.0. The lowest BCUT2D eigenvalue weighted by atomic mass is 10.3. The fourth-order valence-electron chi connectivity index (χ4n) is 1.36. The molecule has 11 heteroatoms.